The van der Waals surface area contributed by atoms with Gasteiger partial charge >= 0.3 is 0 Å². The second kappa shape index (κ2) is 7.34. The van der Waals surface area contributed by atoms with Gasteiger partial charge < -0.3 is 9.80 Å². The number of carbonyl (C=O) groups excluding carboxylic acids is 2. The smallest absolute Gasteiger partial charge is 0.236 e. The minimum absolute atomic E-state index is 0.0937. The summed E-state index contributed by atoms with van der Waals surface area (Å²) in [5, 5.41) is 4.36. The van der Waals surface area contributed by atoms with E-state index in [2.05, 4.69) is 16.2 Å². The molecule has 1 atom stereocenters. The summed E-state index contributed by atoms with van der Waals surface area (Å²) in [6.07, 6.45) is 6.18. The first-order valence-corrected chi connectivity index (χ1v) is 8.79. The quantitative estimate of drug-likeness (QED) is 0.797. The summed E-state index contributed by atoms with van der Waals surface area (Å²) >= 11 is 0. The van der Waals surface area contributed by atoms with Gasteiger partial charge in [0.1, 0.15) is 0 Å². The Morgan fingerprint density at radius 1 is 1.17 bits per heavy atom. The second-order valence-corrected chi connectivity index (χ2v) is 6.89. The van der Waals surface area contributed by atoms with Gasteiger partial charge in [0.2, 0.25) is 11.8 Å². The van der Waals surface area contributed by atoms with E-state index in [1.807, 2.05) is 27.6 Å². The summed E-state index contributed by atoms with van der Waals surface area (Å²) in [7, 11) is 0. The topological polar surface area (TPSA) is 61.7 Å². The van der Waals surface area contributed by atoms with Crippen molar-refractivity contribution in [3.63, 3.8) is 0 Å². The molecule has 0 N–H and O–H groups in total. The minimum Gasteiger partial charge on any atom is -0.339 e. The number of amides is 2. The molecule has 132 valence electrons. The van der Waals surface area contributed by atoms with Crippen LogP contribution in [0.1, 0.15) is 25.3 Å². The van der Waals surface area contributed by atoms with Crippen LogP contribution in [-0.2, 0) is 16.1 Å². The minimum atomic E-state index is 0.0937. The number of piperazine rings is 1. The molecule has 2 saturated heterocycles. The number of aryl methyl sites for hydroxylation is 1. The van der Waals surface area contributed by atoms with E-state index in [1.165, 1.54) is 5.56 Å². The molecule has 3 rings (SSSR count). The van der Waals surface area contributed by atoms with Gasteiger partial charge in [-0.15, -0.1) is 0 Å². The number of hydrogen-bond donors (Lipinski definition) is 0. The van der Waals surface area contributed by atoms with Gasteiger partial charge in [-0.05, 0) is 31.9 Å². The summed E-state index contributed by atoms with van der Waals surface area (Å²) in [6, 6.07) is 0.381. The lowest BCUT2D eigenvalue weighted by molar-refractivity contribution is -0.139. The first-order valence-electron chi connectivity index (χ1n) is 8.79. The molecule has 0 spiro atoms. The average molecular weight is 333 g/mol. The Labute approximate surface area is 143 Å². The van der Waals surface area contributed by atoms with Crippen molar-refractivity contribution in [2.75, 3.05) is 39.3 Å². The van der Waals surface area contributed by atoms with Crippen LogP contribution < -0.4 is 0 Å². The molecule has 0 unspecified atom stereocenters. The van der Waals surface area contributed by atoms with Crippen molar-refractivity contribution in [2.24, 2.45) is 0 Å². The standard InChI is InChI=1S/C17H27N5O2/c1-14-10-18-22(11-14)12-16-4-3-5-21(16)13-17(24)20-8-6-19(7-9-20)15(2)23/h10-11,16H,3-9,12-13H2,1-2H3/t16-/m1/s1. The molecular weight excluding hydrogens is 306 g/mol. The number of aromatic nitrogens is 2. The van der Waals surface area contributed by atoms with Crippen molar-refractivity contribution in [2.45, 2.75) is 39.3 Å². The lowest BCUT2D eigenvalue weighted by atomic mass is 10.2. The number of nitrogens with zero attached hydrogens (tertiary/aromatic N) is 5. The maximum absolute atomic E-state index is 12.6. The van der Waals surface area contributed by atoms with Crippen LogP contribution in [0.4, 0.5) is 0 Å². The predicted molar refractivity (Wildman–Crippen MR) is 90.4 cm³/mol. The molecule has 2 aliphatic heterocycles. The molecule has 7 heteroatoms. The summed E-state index contributed by atoms with van der Waals surface area (Å²) in [6.45, 7) is 8.52. The van der Waals surface area contributed by atoms with Gasteiger partial charge in [0.15, 0.2) is 0 Å². The molecule has 0 saturated carbocycles. The maximum atomic E-state index is 12.6. The van der Waals surface area contributed by atoms with Crippen LogP contribution in [0.2, 0.25) is 0 Å². The molecule has 2 amide bonds. The third-order valence-corrected chi connectivity index (χ3v) is 5.08. The van der Waals surface area contributed by atoms with Crippen LogP contribution in [0, 0.1) is 6.92 Å². The van der Waals surface area contributed by atoms with Crippen molar-refractivity contribution >= 4 is 11.8 Å². The van der Waals surface area contributed by atoms with E-state index in [-0.39, 0.29) is 11.8 Å². The summed E-state index contributed by atoms with van der Waals surface area (Å²) < 4.78 is 1.98. The molecule has 1 aromatic rings. The van der Waals surface area contributed by atoms with E-state index in [0.29, 0.717) is 38.8 Å². The van der Waals surface area contributed by atoms with Crippen molar-refractivity contribution in [1.29, 1.82) is 0 Å². The Morgan fingerprint density at radius 2 is 1.88 bits per heavy atom. The largest absolute Gasteiger partial charge is 0.339 e. The first-order chi connectivity index (χ1) is 11.5. The van der Waals surface area contributed by atoms with Crippen molar-refractivity contribution in [1.82, 2.24) is 24.5 Å². The molecule has 2 fully saturated rings. The predicted octanol–water partition coefficient (Wildman–Crippen LogP) is 0.347. The van der Waals surface area contributed by atoms with Crippen LogP contribution >= 0.6 is 0 Å². The lowest BCUT2D eigenvalue weighted by Crippen LogP contribution is -2.52. The van der Waals surface area contributed by atoms with Gasteiger partial charge in [-0.2, -0.15) is 5.10 Å². The number of rotatable bonds is 4. The fourth-order valence-electron chi connectivity index (χ4n) is 3.64. The van der Waals surface area contributed by atoms with E-state index in [9.17, 15) is 9.59 Å². The number of hydrogen-bond acceptors (Lipinski definition) is 4. The van der Waals surface area contributed by atoms with E-state index < -0.39 is 0 Å². The number of carbonyl (C=O) groups is 2. The SMILES string of the molecule is CC(=O)N1CCN(C(=O)CN2CCC[C@@H]2Cn2cc(C)cn2)CC1. The lowest BCUT2D eigenvalue weighted by Gasteiger charge is -2.35. The average Bonchev–Trinajstić information content (AvgIpc) is 3.17. The summed E-state index contributed by atoms with van der Waals surface area (Å²) in [5.41, 5.74) is 1.17. The van der Waals surface area contributed by atoms with Gasteiger partial charge in [-0.3, -0.25) is 19.2 Å². The van der Waals surface area contributed by atoms with Crippen LogP contribution in [0.3, 0.4) is 0 Å². The first kappa shape index (κ1) is 17.0. The molecule has 0 aromatic carbocycles. The molecule has 0 bridgehead atoms. The zero-order chi connectivity index (χ0) is 17.1. The van der Waals surface area contributed by atoms with Crippen LogP contribution in [-0.4, -0.2) is 81.6 Å². The Balaban J connectivity index is 1.51. The van der Waals surface area contributed by atoms with E-state index in [4.69, 9.17) is 0 Å². The molecular formula is C17H27N5O2. The fraction of sp³-hybridized carbons (Fsp3) is 0.706. The van der Waals surface area contributed by atoms with Crippen LogP contribution in [0.5, 0.6) is 0 Å². The van der Waals surface area contributed by atoms with Crippen molar-refractivity contribution in [3.8, 4) is 0 Å². The summed E-state index contributed by atoms with van der Waals surface area (Å²) in [5.74, 6) is 0.276. The molecule has 3 heterocycles. The van der Waals surface area contributed by atoms with E-state index in [0.717, 1.165) is 25.9 Å². The third kappa shape index (κ3) is 3.95. The third-order valence-electron chi connectivity index (χ3n) is 5.08. The van der Waals surface area contributed by atoms with Crippen LogP contribution in [0.15, 0.2) is 12.4 Å². The second-order valence-electron chi connectivity index (χ2n) is 6.89. The maximum Gasteiger partial charge on any atom is 0.236 e. The fourth-order valence-corrected chi connectivity index (χ4v) is 3.64. The van der Waals surface area contributed by atoms with Crippen molar-refractivity contribution < 1.29 is 9.59 Å². The molecule has 7 nitrogen and oxygen atoms in total. The molecule has 0 aliphatic carbocycles. The summed E-state index contributed by atoms with van der Waals surface area (Å²) in [4.78, 5) is 30.0. The monoisotopic (exact) mass is 333 g/mol. The molecule has 2 aliphatic rings. The Kier molecular flexibility index (Phi) is 5.18. The zero-order valence-corrected chi connectivity index (χ0v) is 14.6. The van der Waals surface area contributed by atoms with E-state index >= 15 is 0 Å². The highest BCUT2D eigenvalue weighted by Gasteiger charge is 2.29. The Hall–Kier alpha value is -1.89. The van der Waals surface area contributed by atoms with Gasteiger partial charge in [0.05, 0.1) is 19.3 Å². The Bertz CT molecular complexity index is 592. The van der Waals surface area contributed by atoms with Gasteiger partial charge in [-0.1, -0.05) is 0 Å². The highest BCUT2D eigenvalue weighted by molar-refractivity contribution is 5.79. The normalized spacial score (nSPS) is 22.2. The van der Waals surface area contributed by atoms with Gasteiger partial charge in [0, 0.05) is 45.3 Å². The molecule has 24 heavy (non-hydrogen) atoms. The molecule has 0 radical (unpaired) electrons. The zero-order valence-electron chi connectivity index (χ0n) is 14.6. The van der Waals surface area contributed by atoms with Gasteiger partial charge in [0.25, 0.3) is 0 Å². The van der Waals surface area contributed by atoms with E-state index in [1.54, 1.807) is 6.92 Å². The Morgan fingerprint density at radius 3 is 2.50 bits per heavy atom. The number of likely N-dealkylation sites (tertiary alicyclic amines) is 1. The van der Waals surface area contributed by atoms with Crippen molar-refractivity contribution in [3.05, 3.63) is 18.0 Å². The van der Waals surface area contributed by atoms with Crippen LogP contribution in [0.25, 0.3) is 0 Å². The molecule has 1 aromatic heterocycles. The highest BCUT2D eigenvalue weighted by atomic mass is 16.2. The van der Waals surface area contributed by atoms with Gasteiger partial charge in [-0.25, -0.2) is 0 Å². The highest BCUT2D eigenvalue weighted by Crippen LogP contribution is 2.19.